The highest BCUT2D eigenvalue weighted by molar-refractivity contribution is 6.34. The van der Waals surface area contributed by atoms with Gasteiger partial charge in [0.25, 0.3) is 0 Å². The summed E-state index contributed by atoms with van der Waals surface area (Å²) in [6.07, 6.45) is -3.23. The minimum Gasteiger partial charge on any atom is -0.294 e. The molecule has 3 nitrogen and oxygen atoms in total. The van der Waals surface area contributed by atoms with E-state index in [9.17, 15) is 22.8 Å². The van der Waals surface area contributed by atoms with Crippen LogP contribution in [0.25, 0.3) is 0 Å². The molecule has 0 saturated heterocycles. The summed E-state index contributed by atoms with van der Waals surface area (Å²) < 4.78 is 39.8. The minimum atomic E-state index is -4.57. The first-order valence-electron chi connectivity index (χ1n) is 9.70. The summed E-state index contributed by atoms with van der Waals surface area (Å²) in [5.41, 5.74) is 1.93. The molecular formula is C23H19ClF3NO2. The highest BCUT2D eigenvalue weighted by Gasteiger charge is 2.41. The third-order valence-electron chi connectivity index (χ3n) is 5.75. The molecule has 4 rings (SSSR count). The topological polar surface area (TPSA) is 37.4 Å². The molecule has 2 aliphatic rings. The second kappa shape index (κ2) is 7.58. The number of allylic oxidation sites excluding steroid dienone is 2. The number of anilines is 1. The minimum absolute atomic E-state index is 0.00199. The van der Waals surface area contributed by atoms with Gasteiger partial charge in [0.15, 0.2) is 5.78 Å². The van der Waals surface area contributed by atoms with Crippen molar-refractivity contribution in [3.63, 3.8) is 0 Å². The summed E-state index contributed by atoms with van der Waals surface area (Å²) in [5.74, 6) is -0.828. The zero-order chi connectivity index (χ0) is 21.6. The number of hydrogen-bond donors (Lipinski definition) is 0. The van der Waals surface area contributed by atoms with Crippen LogP contribution < -0.4 is 4.90 Å². The monoisotopic (exact) mass is 433 g/mol. The predicted octanol–water partition coefficient (Wildman–Crippen LogP) is 6.19. The van der Waals surface area contributed by atoms with E-state index in [0.29, 0.717) is 30.5 Å². The van der Waals surface area contributed by atoms with E-state index in [2.05, 4.69) is 0 Å². The van der Waals surface area contributed by atoms with E-state index in [1.807, 2.05) is 31.2 Å². The first-order valence-corrected chi connectivity index (χ1v) is 10.1. The van der Waals surface area contributed by atoms with Gasteiger partial charge in [-0.25, -0.2) is 0 Å². The molecule has 1 aliphatic carbocycles. The molecular weight excluding hydrogens is 415 g/mol. The number of aryl methyl sites for hydroxylation is 1. The van der Waals surface area contributed by atoms with Crippen molar-refractivity contribution in [2.24, 2.45) is 0 Å². The highest BCUT2D eigenvalue weighted by Crippen LogP contribution is 2.46. The Morgan fingerprint density at radius 1 is 1.07 bits per heavy atom. The maximum atomic E-state index is 13.3. The summed E-state index contributed by atoms with van der Waals surface area (Å²) in [4.78, 5) is 27.3. The van der Waals surface area contributed by atoms with Crippen molar-refractivity contribution in [3.8, 4) is 0 Å². The van der Waals surface area contributed by atoms with Gasteiger partial charge in [0, 0.05) is 30.0 Å². The van der Waals surface area contributed by atoms with Gasteiger partial charge in [-0.15, -0.1) is 0 Å². The Morgan fingerprint density at radius 3 is 2.50 bits per heavy atom. The van der Waals surface area contributed by atoms with Crippen LogP contribution in [0.2, 0.25) is 5.02 Å². The molecule has 30 heavy (non-hydrogen) atoms. The standard InChI is InChI=1S/C23H19ClF3NO2/c1-13-5-2-3-6-15(13)16-12-21(30)28(18-7-4-8-20(29)22(16)18)19-11-14(23(25,26)27)9-10-17(19)24/h2-3,5-6,9-11,16H,4,7-8,12H2,1H3. The predicted molar refractivity (Wildman–Crippen MR) is 108 cm³/mol. The largest absolute Gasteiger partial charge is 0.416 e. The maximum absolute atomic E-state index is 13.3. The van der Waals surface area contributed by atoms with Gasteiger partial charge in [-0.2, -0.15) is 13.2 Å². The second-order valence-electron chi connectivity index (χ2n) is 7.64. The lowest BCUT2D eigenvalue weighted by atomic mass is 9.76. The summed E-state index contributed by atoms with van der Waals surface area (Å²) in [6, 6.07) is 10.5. The van der Waals surface area contributed by atoms with E-state index in [4.69, 9.17) is 11.6 Å². The Hall–Kier alpha value is -2.60. The first-order chi connectivity index (χ1) is 14.2. The van der Waals surface area contributed by atoms with E-state index < -0.39 is 17.7 Å². The summed E-state index contributed by atoms with van der Waals surface area (Å²) in [5, 5.41) is 0.0376. The lowest BCUT2D eigenvalue weighted by Gasteiger charge is -2.39. The number of hydrogen-bond acceptors (Lipinski definition) is 2. The van der Waals surface area contributed by atoms with E-state index >= 15 is 0 Å². The zero-order valence-corrected chi connectivity index (χ0v) is 17.0. The Balaban J connectivity index is 1.90. The van der Waals surface area contributed by atoms with Gasteiger partial charge < -0.3 is 0 Å². The van der Waals surface area contributed by atoms with Gasteiger partial charge in [-0.3, -0.25) is 14.5 Å². The van der Waals surface area contributed by atoms with Gasteiger partial charge in [-0.1, -0.05) is 35.9 Å². The molecule has 1 atom stereocenters. The molecule has 1 aliphatic heterocycles. The fourth-order valence-corrected chi connectivity index (χ4v) is 4.58. The molecule has 2 aromatic rings. The molecule has 7 heteroatoms. The number of alkyl halides is 3. The van der Waals surface area contributed by atoms with Crippen LogP contribution in [0, 0.1) is 6.92 Å². The molecule has 1 unspecified atom stereocenters. The van der Waals surface area contributed by atoms with Gasteiger partial charge in [0.1, 0.15) is 0 Å². The molecule has 0 aromatic heterocycles. The summed E-state index contributed by atoms with van der Waals surface area (Å²) in [7, 11) is 0. The zero-order valence-electron chi connectivity index (χ0n) is 16.2. The van der Waals surface area contributed by atoms with Crippen LogP contribution in [-0.4, -0.2) is 11.7 Å². The van der Waals surface area contributed by atoms with Crippen molar-refractivity contribution in [1.82, 2.24) is 0 Å². The second-order valence-corrected chi connectivity index (χ2v) is 8.05. The van der Waals surface area contributed by atoms with Crippen molar-refractivity contribution in [2.45, 2.75) is 44.7 Å². The van der Waals surface area contributed by atoms with E-state index in [0.717, 1.165) is 29.3 Å². The van der Waals surface area contributed by atoms with Crippen LogP contribution >= 0.6 is 11.6 Å². The smallest absolute Gasteiger partial charge is 0.294 e. The van der Waals surface area contributed by atoms with Crippen LogP contribution in [0.15, 0.2) is 53.7 Å². The normalized spacial score (nSPS) is 19.9. The molecule has 0 saturated carbocycles. The van der Waals surface area contributed by atoms with Crippen molar-refractivity contribution in [2.75, 3.05) is 4.90 Å². The van der Waals surface area contributed by atoms with E-state index in [1.54, 1.807) is 0 Å². The number of carbonyl (C=O) groups is 2. The molecule has 0 N–H and O–H groups in total. The number of rotatable bonds is 2. The molecule has 1 heterocycles. The molecule has 0 fully saturated rings. The lowest BCUT2D eigenvalue weighted by molar-refractivity contribution is -0.137. The van der Waals surface area contributed by atoms with E-state index in [-0.39, 0.29) is 28.8 Å². The van der Waals surface area contributed by atoms with Crippen LogP contribution in [0.4, 0.5) is 18.9 Å². The van der Waals surface area contributed by atoms with Crippen molar-refractivity contribution in [3.05, 3.63) is 75.4 Å². The van der Waals surface area contributed by atoms with Gasteiger partial charge >= 0.3 is 6.18 Å². The number of Topliss-reactive ketones (excluding diaryl/α,β-unsaturated/α-hetero) is 1. The first kappa shape index (κ1) is 20.7. The number of benzene rings is 2. The highest BCUT2D eigenvalue weighted by atomic mass is 35.5. The summed E-state index contributed by atoms with van der Waals surface area (Å²) in [6.45, 7) is 1.92. The van der Waals surface area contributed by atoms with Crippen molar-refractivity contribution < 1.29 is 22.8 Å². The fraction of sp³-hybridized carbons (Fsp3) is 0.304. The maximum Gasteiger partial charge on any atom is 0.416 e. The van der Waals surface area contributed by atoms with Gasteiger partial charge in [0.05, 0.1) is 16.3 Å². The fourth-order valence-electron chi connectivity index (χ4n) is 4.38. The van der Waals surface area contributed by atoms with Gasteiger partial charge in [0.2, 0.25) is 5.91 Å². The Bertz CT molecular complexity index is 1070. The third-order valence-corrected chi connectivity index (χ3v) is 6.07. The Kier molecular flexibility index (Phi) is 5.22. The van der Waals surface area contributed by atoms with Crippen LogP contribution in [-0.2, 0) is 15.8 Å². The molecule has 1 amide bonds. The lowest BCUT2D eigenvalue weighted by Crippen LogP contribution is -2.41. The SMILES string of the molecule is Cc1ccccc1C1CC(=O)N(c2cc(C(F)(F)F)ccc2Cl)C2=C1C(=O)CCC2. The Labute approximate surface area is 177 Å². The molecule has 0 radical (unpaired) electrons. The number of halogens is 4. The van der Waals surface area contributed by atoms with Crippen LogP contribution in [0.5, 0.6) is 0 Å². The number of nitrogens with zero attached hydrogens (tertiary/aromatic N) is 1. The number of amides is 1. The van der Waals surface area contributed by atoms with Crippen LogP contribution in [0.1, 0.15) is 48.3 Å². The quantitative estimate of drug-likeness (QED) is 0.566. The average molecular weight is 434 g/mol. The molecule has 0 spiro atoms. The van der Waals surface area contributed by atoms with Gasteiger partial charge in [-0.05, 0) is 49.1 Å². The van der Waals surface area contributed by atoms with Crippen molar-refractivity contribution in [1.29, 1.82) is 0 Å². The third kappa shape index (κ3) is 3.54. The molecule has 156 valence electrons. The van der Waals surface area contributed by atoms with E-state index in [1.165, 1.54) is 4.90 Å². The Morgan fingerprint density at radius 2 is 1.80 bits per heavy atom. The molecule has 0 bridgehead atoms. The molecule has 2 aromatic carbocycles. The number of ketones is 1. The summed E-state index contributed by atoms with van der Waals surface area (Å²) >= 11 is 6.22. The number of carbonyl (C=O) groups excluding carboxylic acids is 2. The average Bonchev–Trinajstić information content (AvgIpc) is 2.68. The van der Waals surface area contributed by atoms with Crippen molar-refractivity contribution >= 4 is 29.0 Å². The van der Waals surface area contributed by atoms with Crippen LogP contribution in [0.3, 0.4) is 0 Å².